The average molecular weight is 308 g/mol. The van der Waals surface area contributed by atoms with E-state index in [0.29, 0.717) is 16.3 Å². The third kappa shape index (κ3) is 3.23. The average Bonchev–Trinajstić information content (AvgIpc) is 2.81. The molecule has 1 aromatic heterocycles. The molecule has 0 unspecified atom stereocenters. The Balaban J connectivity index is 2.53. The molecule has 1 aromatic carbocycles. The molecule has 1 heterocycles. The van der Waals surface area contributed by atoms with Gasteiger partial charge in [0.2, 0.25) is 0 Å². The van der Waals surface area contributed by atoms with Crippen LogP contribution in [0.25, 0.3) is 11.3 Å². The summed E-state index contributed by atoms with van der Waals surface area (Å²) in [7, 11) is 3.72. The fourth-order valence-electron chi connectivity index (χ4n) is 1.61. The minimum atomic E-state index is -0.535. The lowest BCUT2D eigenvalue weighted by Crippen LogP contribution is -2.07. The van der Waals surface area contributed by atoms with Crippen molar-refractivity contribution in [1.29, 1.82) is 0 Å². The van der Waals surface area contributed by atoms with Crippen LogP contribution in [-0.2, 0) is 0 Å². The molecule has 0 aliphatic rings. The molecule has 0 atom stereocenters. The van der Waals surface area contributed by atoms with E-state index in [0.717, 1.165) is 22.7 Å². The van der Waals surface area contributed by atoms with Gasteiger partial charge in [0, 0.05) is 19.7 Å². The Labute approximate surface area is 126 Å². The molecule has 2 rings (SSSR count). The minimum Gasteiger partial charge on any atom is -0.369 e. The van der Waals surface area contributed by atoms with Gasteiger partial charge in [-0.15, -0.1) is 0 Å². The standard InChI is InChI=1S/C14H14ClN3OS/c1-9-4-6-10(7-5-9)11-12(16-8-18(2)3)13(14(15)19)20-17-11/h4-8H,1-3H3. The Morgan fingerprint density at radius 1 is 1.35 bits per heavy atom. The number of carbonyl (C=O) groups is 1. The van der Waals surface area contributed by atoms with Crippen molar-refractivity contribution in [2.24, 2.45) is 4.99 Å². The molecule has 6 heteroatoms. The van der Waals surface area contributed by atoms with E-state index in [1.54, 1.807) is 11.2 Å². The van der Waals surface area contributed by atoms with E-state index < -0.39 is 5.24 Å². The number of carbonyl (C=O) groups excluding carboxylic acids is 1. The smallest absolute Gasteiger partial charge is 0.266 e. The van der Waals surface area contributed by atoms with Crippen LogP contribution in [0.3, 0.4) is 0 Å². The summed E-state index contributed by atoms with van der Waals surface area (Å²) >= 11 is 6.66. The summed E-state index contributed by atoms with van der Waals surface area (Å²) in [5, 5.41) is -0.535. The lowest BCUT2D eigenvalue weighted by atomic mass is 10.1. The molecule has 0 aliphatic heterocycles. The Morgan fingerprint density at radius 2 is 2.00 bits per heavy atom. The van der Waals surface area contributed by atoms with Crippen molar-refractivity contribution >= 4 is 40.4 Å². The normalized spacial score (nSPS) is 11.0. The predicted molar refractivity (Wildman–Crippen MR) is 84.3 cm³/mol. The highest BCUT2D eigenvalue weighted by atomic mass is 35.5. The van der Waals surface area contributed by atoms with Crippen LogP contribution >= 0.6 is 23.1 Å². The number of nitrogens with zero attached hydrogens (tertiary/aromatic N) is 3. The fraction of sp³-hybridized carbons (Fsp3) is 0.214. The number of benzene rings is 1. The van der Waals surface area contributed by atoms with E-state index >= 15 is 0 Å². The van der Waals surface area contributed by atoms with Crippen LogP contribution in [0, 0.1) is 6.92 Å². The Bertz CT molecular complexity index is 647. The number of aliphatic imine (C=N–C) groups is 1. The van der Waals surface area contributed by atoms with Crippen molar-refractivity contribution in [3.05, 3.63) is 34.7 Å². The number of hydrogen-bond acceptors (Lipinski definition) is 4. The Kier molecular flexibility index (Phi) is 4.52. The number of halogens is 1. The number of rotatable bonds is 4. The Morgan fingerprint density at radius 3 is 2.55 bits per heavy atom. The number of hydrogen-bond donors (Lipinski definition) is 0. The van der Waals surface area contributed by atoms with Gasteiger partial charge in [-0.2, -0.15) is 4.37 Å². The maximum Gasteiger partial charge on any atom is 0.266 e. The van der Waals surface area contributed by atoms with Gasteiger partial charge in [0.15, 0.2) is 0 Å². The van der Waals surface area contributed by atoms with E-state index in [1.165, 1.54) is 0 Å². The topological polar surface area (TPSA) is 45.6 Å². The molecule has 20 heavy (non-hydrogen) atoms. The number of aromatic nitrogens is 1. The first kappa shape index (κ1) is 14.7. The molecular weight excluding hydrogens is 294 g/mol. The molecule has 0 saturated carbocycles. The van der Waals surface area contributed by atoms with Gasteiger partial charge in [0.1, 0.15) is 16.3 Å². The first-order chi connectivity index (χ1) is 9.49. The summed E-state index contributed by atoms with van der Waals surface area (Å²) in [5.41, 5.74) is 3.28. The molecule has 4 nitrogen and oxygen atoms in total. The van der Waals surface area contributed by atoms with Crippen molar-refractivity contribution in [2.75, 3.05) is 14.1 Å². The van der Waals surface area contributed by atoms with E-state index in [-0.39, 0.29) is 0 Å². The van der Waals surface area contributed by atoms with Crippen molar-refractivity contribution in [2.45, 2.75) is 6.92 Å². The zero-order valence-electron chi connectivity index (χ0n) is 11.4. The summed E-state index contributed by atoms with van der Waals surface area (Å²) in [4.78, 5) is 17.9. The van der Waals surface area contributed by atoms with Crippen LogP contribution in [0.2, 0.25) is 0 Å². The molecular formula is C14H14ClN3OS. The quantitative estimate of drug-likeness (QED) is 0.491. The maximum absolute atomic E-state index is 11.5. The fourth-order valence-corrected chi connectivity index (χ4v) is 2.48. The largest absolute Gasteiger partial charge is 0.369 e. The molecule has 0 spiro atoms. The van der Waals surface area contributed by atoms with E-state index in [2.05, 4.69) is 9.37 Å². The van der Waals surface area contributed by atoms with Crippen LogP contribution in [0.5, 0.6) is 0 Å². The van der Waals surface area contributed by atoms with Crippen LogP contribution < -0.4 is 0 Å². The van der Waals surface area contributed by atoms with Crippen molar-refractivity contribution in [3.63, 3.8) is 0 Å². The zero-order chi connectivity index (χ0) is 14.7. The van der Waals surface area contributed by atoms with Gasteiger partial charge in [-0.1, -0.05) is 29.8 Å². The molecule has 0 fully saturated rings. The molecule has 0 radical (unpaired) electrons. The van der Waals surface area contributed by atoms with Gasteiger partial charge in [-0.25, -0.2) is 4.99 Å². The third-order valence-electron chi connectivity index (χ3n) is 2.59. The molecule has 0 N–H and O–H groups in total. The third-order valence-corrected chi connectivity index (χ3v) is 3.73. The van der Waals surface area contributed by atoms with E-state index in [4.69, 9.17) is 11.6 Å². The lowest BCUT2D eigenvalue weighted by molar-refractivity contribution is 0.108. The zero-order valence-corrected chi connectivity index (χ0v) is 13.0. The predicted octanol–water partition coefficient (Wildman–Crippen LogP) is 3.72. The van der Waals surface area contributed by atoms with Gasteiger partial charge in [-0.05, 0) is 30.1 Å². The van der Waals surface area contributed by atoms with E-state index in [1.807, 2.05) is 45.3 Å². The van der Waals surface area contributed by atoms with Gasteiger partial charge in [-0.3, -0.25) is 4.79 Å². The van der Waals surface area contributed by atoms with Crippen molar-refractivity contribution in [3.8, 4) is 11.3 Å². The van der Waals surface area contributed by atoms with Crippen molar-refractivity contribution in [1.82, 2.24) is 9.27 Å². The summed E-state index contributed by atoms with van der Waals surface area (Å²) in [6.45, 7) is 2.02. The number of aryl methyl sites for hydroxylation is 1. The van der Waals surface area contributed by atoms with Gasteiger partial charge in [0.05, 0.1) is 6.34 Å². The summed E-state index contributed by atoms with van der Waals surface area (Å²) in [5.74, 6) is 0. The van der Waals surface area contributed by atoms with Crippen LogP contribution in [0.15, 0.2) is 29.3 Å². The van der Waals surface area contributed by atoms with E-state index in [9.17, 15) is 4.79 Å². The monoisotopic (exact) mass is 307 g/mol. The lowest BCUT2D eigenvalue weighted by Gasteiger charge is -2.04. The second-order valence-electron chi connectivity index (χ2n) is 4.56. The molecule has 0 amide bonds. The summed E-state index contributed by atoms with van der Waals surface area (Å²) in [6, 6.07) is 7.91. The molecule has 0 bridgehead atoms. The first-order valence-electron chi connectivity index (χ1n) is 5.96. The second-order valence-corrected chi connectivity index (χ2v) is 5.67. The highest BCUT2D eigenvalue weighted by molar-refractivity contribution is 7.11. The van der Waals surface area contributed by atoms with Crippen LogP contribution in [0.4, 0.5) is 5.69 Å². The molecule has 2 aromatic rings. The summed E-state index contributed by atoms with van der Waals surface area (Å²) < 4.78 is 4.32. The maximum atomic E-state index is 11.5. The van der Waals surface area contributed by atoms with Crippen LogP contribution in [0.1, 0.15) is 15.2 Å². The summed E-state index contributed by atoms with van der Waals surface area (Å²) in [6.07, 6.45) is 1.63. The Hall–Kier alpha value is -1.72. The molecule has 104 valence electrons. The van der Waals surface area contributed by atoms with Gasteiger partial charge >= 0.3 is 0 Å². The molecule has 0 aliphatic carbocycles. The first-order valence-corrected chi connectivity index (χ1v) is 7.11. The van der Waals surface area contributed by atoms with Crippen LogP contribution in [-0.4, -0.2) is 34.9 Å². The SMILES string of the molecule is Cc1ccc(-c2nsc(C(=O)Cl)c2N=CN(C)C)cc1. The minimum absolute atomic E-state index is 0.361. The molecule has 0 saturated heterocycles. The highest BCUT2D eigenvalue weighted by Crippen LogP contribution is 2.36. The van der Waals surface area contributed by atoms with Crippen molar-refractivity contribution < 1.29 is 4.79 Å². The van der Waals surface area contributed by atoms with Gasteiger partial charge < -0.3 is 4.90 Å². The van der Waals surface area contributed by atoms with Gasteiger partial charge in [0.25, 0.3) is 5.24 Å². The highest BCUT2D eigenvalue weighted by Gasteiger charge is 2.19. The second kappa shape index (κ2) is 6.15.